The Bertz CT molecular complexity index is 1860. The number of halogens is 6. The number of nitrogens with two attached hydrogens (primary N) is 1. The van der Waals surface area contributed by atoms with Crippen LogP contribution in [0.4, 0.5) is 22.0 Å². The van der Waals surface area contributed by atoms with Crippen LogP contribution in [-0.4, -0.2) is 50.6 Å². The summed E-state index contributed by atoms with van der Waals surface area (Å²) in [5.74, 6) is -3.64. The number of nitrogens with zero attached hydrogens (tertiary/aromatic N) is 3. The van der Waals surface area contributed by atoms with Gasteiger partial charge in [0, 0.05) is 29.4 Å². The zero-order valence-corrected chi connectivity index (χ0v) is 23.6. The smallest absolute Gasteiger partial charge is 0.424 e. The average Bonchev–Trinajstić information content (AvgIpc) is 3.63. The molecule has 1 saturated carbocycles. The van der Waals surface area contributed by atoms with E-state index in [0.29, 0.717) is 5.69 Å². The molecule has 3 aromatic heterocycles. The Labute approximate surface area is 250 Å². The number of carbonyl (C=O) groups is 2. The lowest BCUT2D eigenvalue weighted by Crippen LogP contribution is -2.51. The number of aromatic nitrogens is 3. The van der Waals surface area contributed by atoms with Crippen LogP contribution in [0.5, 0.6) is 5.75 Å². The van der Waals surface area contributed by atoms with Gasteiger partial charge in [0.15, 0.2) is 11.5 Å². The number of rotatable bonds is 7. The van der Waals surface area contributed by atoms with Crippen molar-refractivity contribution in [2.75, 3.05) is 13.2 Å². The summed E-state index contributed by atoms with van der Waals surface area (Å²) in [5.41, 5.74) is -0.983. The predicted molar refractivity (Wildman–Crippen MR) is 146 cm³/mol. The van der Waals surface area contributed by atoms with E-state index in [2.05, 4.69) is 9.97 Å². The first-order valence-electron chi connectivity index (χ1n) is 13.3. The van der Waals surface area contributed by atoms with Crippen molar-refractivity contribution in [2.45, 2.75) is 42.9 Å². The highest BCUT2D eigenvalue weighted by molar-refractivity contribution is 6.31. The maximum absolute atomic E-state index is 14.8. The number of aliphatic hydroxyl groups is 1. The number of alkyl halides is 3. The number of carbonyl (C=O) groups excluding carboxylic acids is 2. The van der Waals surface area contributed by atoms with Crippen molar-refractivity contribution in [1.82, 2.24) is 19.7 Å². The molecule has 4 aromatic rings. The lowest BCUT2D eigenvalue weighted by molar-refractivity contribution is -0.265. The van der Waals surface area contributed by atoms with Crippen LogP contribution in [0.1, 0.15) is 53.0 Å². The van der Waals surface area contributed by atoms with Crippen LogP contribution in [0.3, 0.4) is 0 Å². The van der Waals surface area contributed by atoms with E-state index in [1.807, 2.05) is 5.32 Å². The number of primary amides is 1. The van der Waals surface area contributed by atoms with Crippen molar-refractivity contribution in [2.24, 2.45) is 5.73 Å². The number of pyridine rings is 2. The molecule has 2 aliphatic rings. The molecule has 1 aromatic carbocycles. The second-order valence-electron chi connectivity index (χ2n) is 11.1. The molecule has 4 N–H and O–H groups in total. The first kappa shape index (κ1) is 29.8. The Kier molecular flexibility index (Phi) is 6.85. The quantitative estimate of drug-likeness (QED) is 0.256. The maximum atomic E-state index is 14.8. The number of ether oxygens (including phenoxy) is 1. The lowest BCUT2D eigenvalue weighted by atomic mass is 9.81. The summed E-state index contributed by atoms with van der Waals surface area (Å²) in [6.07, 6.45) is -0.869. The third-order valence-electron chi connectivity index (χ3n) is 7.99. The molecular formula is C29H23ClF5N5O4. The van der Waals surface area contributed by atoms with Crippen LogP contribution in [-0.2, 0) is 15.8 Å². The first-order chi connectivity index (χ1) is 20.6. The summed E-state index contributed by atoms with van der Waals surface area (Å²) >= 11 is 5.91. The van der Waals surface area contributed by atoms with Gasteiger partial charge in [0.25, 0.3) is 5.91 Å². The average molecular weight is 636 g/mol. The van der Waals surface area contributed by atoms with Crippen LogP contribution in [0, 0.1) is 11.6 Å². The molecule has 2 atom stereocenters. The van der Waals surface area contributed by atoms with Gasteiger partial charge in [-0.05, 0) is 50.1 Å². The summed E-state index contributed by atoms with van der Waals surface area (Å²) in [4.78, 5) is 33.6. The molecule has 0 unspecified atom stereocenters. The predicted octanol–water partition coefficient (Wildman–Crippen LogP) is 4.52. The second kappa shape index (κ2) is 10.1. The van der Waals surface area contributed by atoms with Crippen LogP contribution in [0.25, 0.3) is 16.9 Å². The SMILES string of the molecule is C[C@]1(C(N)=O)COc2c1cc([C@@](O)(CNC(=O)c1cc(F)c3nc(C4CC4)cn3c1)C(F)(F)F)nc2-c1ccc(F)c(Cl)c1. The summed E-state index contributed by atoms with van der Waals surface area (Å²) < 4.78 is 79.5. The summed E-state index contributed by atoms with van der Waals surface area (Å²) in [6.45, 7) is -0.456. The Balaban J connectivity index is 1.40. The summed E-state index contributed by atoms with van der Waals surface area (Å²) in [6, 6.07) is 4.90. The molecule has 0 radical (unpaired) electrons. The molecule has 2 amide bonds. The van der Waals surface area contributed by atoms with E-state index >= 15 is 0 Å². The molecule has 230 valence electrons. The van der Waals surface area contributed by atoms with Crippen LogP contribution >= 0.6 is 11.6 Å². The Morgan fingerprint density at radius 3 is 2.52 bits per heavy atom. The van der Waals surface area contributed by atoms with Crippen LogP contribution in [0.15, 0.2) is 42.7 Å². The van der Waals surface area contributed by atoms with Crippen molar-refractivity contribution < 1.29 is 41.4 Å². The van der Waals surface area contributed by atoms with Gasteiger partial charge in [0.05, 0.1) is 28.5 Å². The van der Waals surface area contributed by atoms with Crippen molar-refractivity contribution in [3.05, 3.63) is 81.9 Å². The van der Waals surface area contributed by atoms with Crippen molar-refractivity contribution in [1.29, 1.82) is 0 Å². The van der Waals surface area contributed by atoms with Gasteiger partial charge in [0.2, 0.25) is 11.5 Å². The minimum absolute atomic E-state index is 0.0199. The topological polar surface area (TPSA) is 132 Å². The minimum Gasteiger partial charge on any atom is -0.489 e. The van der Waals surface area contributed by atoms with E-state index in [0.717, 1.165) is 37.1 Å². The highest BCUT2D eigenvalue weighted by Gasteiger charge is 2.57. The van der Waals surface area contributed by atoms with Crippen molar-refractivity contribution in [3.8, 4) is 17.0 Å². The monoisotopic (exact) mass is 635 g/mol. The zero-order chi connectivity index (χ0) is 31.8. The van der Waals surface area contributed by atoms with Gasteiger partial charge in [-0.1, -0.05) is 11.6 Å². The molecule has 44 heavy (non-hydrogen) atoms. The van der Waals surface area contributed by atoms with Gasteiger partial charge in [-0.15, -0.1) is 0 Å². The maximum Gasteiger partial charge on any atom is 0.424 e. The Morgan fingerprint density at radius 2 is 1.89 bits per heavy atom. The second-order valence-corrected chi connectivity index (χ2v) is 11.5. The highest BCUT2D eigenvalue weighted by atomic mass is 35.5. The first-order valence-corrected chi connectivity index (χ1v) is 13.7. The van der Waals surface area contributed by atoms with Gasteiger partial charge in [-0.25, -0.2) is 18.7 Å². The number of benzene rings is 1. The number of nitrogens with one attached hydrogen (secondary N) is 1. The number of amides is 2. The largest absolute Gasteiger partial charge is 0.489 e. The van der Waals surface area contributed by atoms with Crippen molar-refractivity contribution >= 4 is 29.1 Å². The van der Waals surface area contributed by atoms with E-state index < -0.39 is 52.9 Å². The fraction of sp³-hybridized carbons (Fsp3) is 0.310. The molecule has 6 rings (SSSR count). The van der Waals surface area contributed by atoms with Gasteiger partial charge in [0.1, 0.15) is 29.3 Å². The number of hydrogen-bond acceptors (Lipinski definition) is 6. The van der Waals surface area contributed by atoms with Crippen LogP contribution in [0.2, 0.25) is 5.02 Å². The molecule has 9 nitrogen and oxygen atoms in total. The lowest BCUT2D eigenvalue weighted by Gasteiger charge is -2.31. The molecule has 0 bridgehead atoms. The summed E-state index contributed by atoms with van der Waals surface area (Å²) in [7, 11) is 0. The van der Waals surface area contributed by atoms with Gasteiger partial charge in [-0.3, -0.25) is 9.59 Å². The number of fused-ring (bicyclic) bond motifs is 2. The molecule has 0 spiro atoms. The molecular weight excluding hydrogens is 613 g/mol. The van der Waals surface area contributed by atoms with E-state index in [-0.39, 0.29) is 51.3 Å². The van der Waals surface area contributed by atoms with E-state index in [1.165, 1.54) is 23.6 Å². The van der Waals surface area contributed by atoms with Crippen LogP contribution < -0.4 is 15.8 Å². The molecule has 4 heterocycles. The minimum atomic E-state index is -5.43. The summed E-state index contributed by atoms with van der Waals surface area (Å²) in [5, 5.41) is 12.8. The molecule has 1 fully saturated rings. The normalized spacial score (nSPS) is 19.4. The number of imidazole rings is 1. The molecule has 0 saturated heterocycles. The van der Waals surface area contributed by atoms with Crippen molar-refractivity contribution in [3.63, 3.8) is 0 Å². The zero-order valence-electron chi connectivity index (χ0n) is 22.8. The highest BCUT2D eigenvalue weighted by Crippen LogP contribution is 2.48. The van der Waals surface area contributed by atoms with E-state index in [4.69, 9.17) is 22.1 Å². The Morgan fingerprint density at radius 1 is 1.16 bits per heavy atom. The Hall–Kier alpha value is -4.30. The third kappa shape index (κ3) is 4.81. The van der Waals surface area contributed by atoms with Gasteiger partial charge >= 0.3 is 6.18 Å². The third-order valence-corrected chi connectivity index (χ3v) is 8.28. The molecule has 15 heteroatoms. The fourth-order valence-electron chi connectivity index (χ4n) is 5.06. The van der Waals surface area contributed by atoms with Gasteiger partial charge in [-0.2, -0.15) is 13.2 Å². The standard InChI is InChI=1S/C29H23ClF5N5O4/c1-27(26(36)42)12-44-23-16(27)8-21(39-22(23)14-4-5-18(31)17(30)6-14)28(43,29(33,34)35)11-37-25(41)15-7-19(32)24-38-20(13-2-3-13)10-40(24)9-15/h4-10,13,43H,2-3,11-12H2,1H3,(H2,36,42)(H,37,41)/t27-,28-/m0/s1. The van der Waals surface area contributed by atoms with E-state index in [1.54, 1.807) is 6.20 Å². The molecule has 1 aliphatic heterocycles. The van der Waals surface area contributed by atoms with Gasteiger partial charge < -0.3 is 25.3 Å². The number of hydrogen-bond donors (Lipinski definition) is 3. The van der Waals surface area contributed by atoms with E-state index in [9.17, 15) is 36.6 Å². The molecule has 1 aliphatic carbocycles. The fourth-order valence-corrected chi connectivity index (χ4v) is 5.24.